The van der Waals surface area contributed by atoms with Crippen molar-refractivity contribution in [3.8, 4) is 17.4 Å². The third-order valence-electron chi connectivity index (χ3n) is 4.11. The molecule has 1 aliphatic heterocycles. The highest BCUT2D eigenvalue weighted by Gasteiger charge is 2.26. The van der Waals surface area contributed by atoms with E-state index >= 15 is 0 Å². The van der Waals surface area contributed by atoms with Crippen molar-refractivity contribution in [2.45, 2.75) is 18.9 Å². The summed E-state index contributed by atoms with van der Waals surface area (Å²) in [6, 6.07) is 6.90. The summed E-state index contributed by atoms with van der Waals surface area (Å²) in [6.45, 7) is 1.21. The zero-order valence-electron chi connectivity index (χ0n) is 14.3. The molecule has 1 saturated heterocycles. The number of piperidine rings is 1. The maximum Gasteiger partial charge on any atom is 0.254 e. The average molecular weight is 343 g/mol. The van der Waals surface area contributed by atoms with Crippen molar-refractivity contribution >= 4 is 5.91 Å². The van der Waals surface area contributed by atoms with Crippen LogP contribution >= 0.6 is 0 Å². The molecule has 1 aliphatic rings. The zero-order valence-corrected chi connectivity index (χ0v) is 14.3. The maximum absolute atomic E-state index is 12.9. The lowest BCUT2D eigenvalue weighted by Crippen LogP contribution is -2.44. The Balaban J connectivity index is 1.71. The molecule has 0 radical (unpaired) electrons. The molecule has 1 aromatic carbocycles. The van der Waals surface area contributed by atoms with Crippen molar-refractivity contribution in [2.24, 2.45) is 0 Å². The minimum Gasteiger partial charge on any atom is -0.497 e. The molecule has 0 spiro atoms. The summed E-state index contributed by atoms with van der Waals surface area (Å²) in [5.41, 5.74) is 0.541. The predicted molar refractivity (Wildman–Crippen MR) is 91.1 cm³/mol. The van der Waals surface area contributed by atoms with Gasteiger partial charge in [0.25, 0.3) is 5.91 Å². The van der Waals surface area contributed by atoms with E-state index in [0.29, 0.717) is 36.0 Å². The lowest BCUT2D eigenvalue weighted by molar-refractivity contribution is 0.0527. The number of aromatic nitrogens is 2. The Morgan fingerprint density at radius 3 is 2.60 bits per heavy atom. The minimum absolute atomic E-state index is 0.0619. The molecule has 1 fully saturated rings. The van der Waals surface area contributed by atoms with E-state index in [1.807, 2.05) is 0 Å². The number of methoxy groups -OCH3 is 2. The smallest absolute Gasteiger partial charge is 0.254 e. The van der Waals surface area contributed by atoms with Gasteiger partial charge in [-0.05, 0) is 25.0 Å². The lowest BCUT2D eigenvalue weighted by Gasteiger charge is -2.32. The van der Waals surface area contributed by atoms with E-state index in [1.165, 1.54) is 6.33 Å². The first-order valence-electron chi connectivity index (χ1n) is 8.14. The van der Waals surface area contributed by atoms with E-state index in [-0.39, 0.29) is 12.0 Å². The number of hydrogen-bond donors (Lipinski definition) is 0. The second-order valence-electron chi connectivity index (χ2n) is 5.78. The van der Waals surface area contributed by atoms with Crippen molar-refractivity contribution in [1.82, 2.24) is 14.9 Å². The summed E-state index contributed by atoms with van der Waals surface area (Å²) >= 11 is 0. The van der Waals surface area contributed by atoms with Crippen LogP contribution in [-0.4, -0.2) is 54.2 Å². The Kier molecular flexibility index (Phi) is 5.33. The van der Waals surface area contributed by atoms with Gasteiger partial charge >= 0.3 is 0 Å². The normalized spacial score (nSPS) is 17.0. The molecule has 1 aromatic heterocycles. The fraction of sp³-hybridized carbons (Fsp3) is 0.389. The molecule has 1 unspecified atom stereocenters. The van der Waals surface area contributed by atoms with E-state index in [1.54, 1.807) is 49.6 Å². The van der Waals surface area contributed by atoms with Crippen LogP contribution in [0.3, 0.4) is 0 Å². The molecule has 1 atom stereocenters. The van der Waals surface area contributed by atoms with Gasteiger partial charge in [0.05, 0.1) is 20.8 Å². The molecular formula is C18H21N3O4. The largest absolute Gasteiger partial charge is 0.497 e. The van der Waals surface area contributed by atoms with Crippen molar-refractivity contribution in [2.75, 3.05) is 27.3 Å². The second-order valence-corrected chi connectivity index (χ2v) is 5.78. The standard InChI is InChI=1S/C18H21N3O4/c1-23-15-8-13(9-16(10-15)24-2)18(22)21-7-3-4-14(11-21)25-17-5-6-19-12-20-17/h5-6,8-10,12,14H,3-4,7,11H2,1-2H3. The number of benzene rings is 1. The Morgan fingerprint density at radius 2 is 1.96 bits per heavy atom. The Hall–Kier alpha value is -2.83. The molecule has 132 valence electrons. The molecule has 7 nitrogen and oxygen atoms in total. The van der Waals surface area contributed by atoms with Crippen LogP contribution < -0.4 is 14.2 Å². The van der Waals surface area contributed by atoms with Crippen LogP contribution in [0, 0.1) is 0 Å². The number of carbonyl (C=O) groups is 1. The van der Waals surface area contributed by atoms with Crippen LogP contribution in [-0.2, 0) is 0 Å². The van der Waals surface area contributed by atoms with E-state index in [2.05, 4.69) is 9.97 Å². The van der Waals surface area contributed by atoms with Gasteiger partial charge < -0.3 is 19.1 Å². The highest BCUT2D eigenvalue weighted by molar-refractivity contribution is 5.95. The average Bonchev–Trinajstić information content (AvgIpc) is 2.68. The van der Waals surface area contributed by atoms with Gasteiger partial charge in [-0.2, -0.15) is 0 Å². The summed E-state index contributed by atoms with van der Waals surface area (Å²) < 4.78 is 16.4. The first kappa shape index (κ1) is 17.0. The predicted octanol–water partition coefficient (Wildman–Crippen LogP) is 2.18. The summed E-state index contributed by atoms with van der Waals surface area (Å²) in [4.78, 5) is 22.6. The van der Waals surface area contributed by atoms with Gasteiger partial charge in [0, 0.05) is 30.4 Å². The van der Waals surface area contributed by atoms with Crippen LogP contribution in [0.5, 0.6) is 17.4 Å². The molecule has 0 saturated carbocycles. The molecule has 2 heterocycles. The van der Waals surface area contributed by atoms with Crippen LogP contribution in [0.25, 0.3) is 0 Å². The lowest BCUT2D eigenvalue weighted by atomic mass is 10.1. The number of carbonyl (C=O) groups excluding carboxylic acids is 1. The zero-order chi connectivity index (χ0) is 17.6. The fourth-order valence-electron chi connectivity index (χ4n) is 2.85. The summed E-state index contributed by atoms with van der Waals surface area (Å²) in [6.07, 6.45) is 4.76. The molecule has 3 rings (SSSR count). The third-order valence-corrected chi connectivity index (χ3v) is 4.11. The first-order chi connectivity index (χ1) is 12.2. The number of hydrogen-bond acceptors (Lipinski definition) is 6. The van der Waals surface area contributed by atoms with Gasteiger partial charge in [-0.3, -0.25) is 4.79 Å². The third kappa shape index (κ3) is 4.17. The van der Waals surface area contributed by atoms with E-state index in [9.17, 15) is 4.79 Å². The van der Waals surface area contributed by atoms with Crippen LogP contribution in [0.15, 0.2) is 36.8 Å². The van der Waals surface area contributed by atoms with E-state index in [4.69, 9.17) is 14.2 Å². The Labute approximate surface area is 146 Å². The van der Waals surface area contributed by atoms with Gasteiger partial charge in [0.2, 0.25) is 5.88 Å². The van der Waals surface area contributed by atoms with Crippen LogP contribution in [0.4, 0.5) is 0 Å². The number of likely N-dealkylation sites (tertiary alicyclic amines) is 1. The topological polar surface area (TPSA) is 73.8 Å². The van der Waals surface area contributed by atoms with Crippen molar-refractivity contribution in [1.29, 1.82) is 0 Å². The van der Waals surface area contributed by atoms with E-state index in [0.717, 1.165) is 12.8 Å². The maximum atomic E-state index is 12.9. The molecule has 0 N–H and O–H groups in total. The monoisotopic (exact) mass is 343 g/mol. The molecule has 0 bridgehead atoms. The fourth-order valence-corrected chi connectivity index (χ4v) is 2.85. The molecule has 2 aromatic rings. The summed E-state index contributed by atoms with van der Waals surface area (Å²) in [5, 5.41) is 0. The van der Waals surface area contributed by atoms with Gasteiger partial charge in [0.1, 0.15) is 23.9 Å². The molecular weight excluding hydrogens is 322 g/mol. The Morgan fingerprint density at radius 1 is 1.20 bits per heavy atom. The van der Waals surface area contributed by atoms with E-state index < -0.39 is 0 Å². The first-order valence-corrected chi connectivity index (χ1v) is 8.14. The van der Waals surface area contributed by atoms with Crippen LogP contribution in [0.1, 0.15) is 23.2 Å². The molecule has 0 aliphatic carbocycles. The van der Waals surface area contributed by atoms with Crippen molar-refractivity contribution in [3.63, 3.8) is 0 Å². The molecule has 1 amide bonds. The number of ether oxygens (including phenoxy) is 3. The highest BCUT2D eigenvalue weighted by Crippen LogP contribution is 2.25. The quantitative estimate of drug-likeness (QED) is 0.828. The highest BCUT2D eigenvalue weighted by atomic mass is 16.5. The van der Waals surface area contributed by atoms with Gasteiger partial charge in [-0.15, -0.1) is 0 Å². The van der Waals surface area contributed by atoms with Crippen molar-refractivity contribution in [3.05, 3.63) is 42.4 Å². The summed E-state index contributed by atoms with van der Waals surface area (Å²) in [7, 11) is 3.13. The number of nitrogens with zero attached hydrogens (tertiary/aromatic N) is 3. The van der Waals surface area contributed by atoms with Crippen LogP contribution in [0.2, 0.25) is 0 Å². The second kappa shape index (κ2) is 7.83. The van der Waals surface area contributed by atoms with Gasteiger partial charge in [-0.25, -0.2) is 9.97 Å². The van der Waals surface area contributed by atoms with Gasteiger partial charge in [-0.1, -0.05) is 0 Å². The minimum atomic E-state index is -0.0832. The number of rotatable bonds is 5. The van der Waals surface area contributed by atoms with Crippen molar-refractivity contribution < 1.29 is 19.0 Å². The summed E-state index contributed by atoms with van der Waals surface area (Å²) in [5.74, 6) is 1.65. The van der Waals surface area contributed by atoms with Gasteiger partial charge in [0.15, 0.2) is 0 Å². The SMILES string of the molecule is COc1cc(OC)cc(C(=O)N2CCCC(Oc3ccncn3)C2)c1. The Bertz CT molecular complexity index is 701. The molecule has 7 heteroatoms. The molecule has 25 heavy (non-hydrogen) atoms. The number of amides is 1.